The van der Waals surface area contributed by atoms with E-state index in [4.69, 9.17) is 22.1 Å². The number of hydrogen-bond donors (Lipinski definition) is 4. The lowest BCUT2D eigenvalue weighted by Gasteiger charge is -2.27. The summed E-state index contributed by atoms with van der Waals surface area (Å²) in [7, 11) is 0. The van der Waals surface area contributed by atoms with Crippen LogP contribution in [0, 0.1) is 3.57 Å². The number of nitrogen functional groups attached to an aromatic ring is 1. The Bertz CT molecular complexity index is 737. The van der Waals surface area contributed by atoms with Crippen molar-refractivity contribution in [1.29, 1.82) is 0 Å². The first-order valence-electron chi connectivity index (χ1n) is 6.43. The maximum Gasteiger partial charge on any atom is 0.223 e. The number of rotatable bonds is 2. The molecule has 0 aromatic carbocycles. The van der Waals surface area contributed by atoms with Crippen molar-refractivity contribution in [1.82, 2.24) is 14.5 Å². The maximum absolute atomic E-state index is 10.6. The first-order valence-corrected chi connectivity index (χ1v) is 7.88. The van der Waals surface area contributed by atoms with Crippen molar-refractivity contribution in [2.45, 2.75) is 31.0 Å². The molecule has 0 saturated carbocycles. The Morgan fingerprint density at radius 2 is 2.23 bits per heavy atom. The molecule has 0 unspecified atom stereocenters. The van der Waals surface area contributed by atoms with Crippen LogP contribution in [0.15, 0.2) is 6.20 Å². The average Bonchev–Trinajstić information content (AvgIpc) is 2.86. The summed E-state index contributed by atoms with van der Waals surface area (Å²) in [5.74, 6) is -0.00912. The van der Waals surface area contributed by atoms with E-state index in [1.807, 2.05) is 0 Å². The largest absolute Gasteiger partial charge is 0.394 e. The molecule has 0 radical (unpaired) electrons. The summed E-state index contributed by atoms with van der Waals surface area (Å²) in [5.41, 5.74) is 4.41. The number of hydrogen-bond acceptors (Lipinski definition) is 7. The van der Waals surface area contributed by atoms with Crippen LogP contribution in [-0.4, -0.2) is 54.3 Å². The lowest BCUT2D eigenvalue weighted by atomic mass is 9.96. The summed E-state index contributed by atoms with van der Waals surface area (Å²) in [6.45, 7) is 1.02. The molecule has 0 aliphatic carbocycles. The molecule has 0 amide bonds. The topological polar surface area (TPSA) is 127 Å². The summed E-state index contributed by atoms with van der Waals surface area (Å²) in [6, 6.07) is 0. The van der Waals surface area contributed by atoms with Crippen LogP contribution in [0.25, 0.3) is 11.0 Å². The van der Waals surface area contributed by atoms with E-state index in [0.717, 1.165) is 3.57 Å². The molecule has 0 spiro atoms. The molecule has 0 bridgehead atoms. The van der Waals surface area contributed by atoms with Crippen LogP contribution in [-0.2, 0) is 4.74 Å². The molecule has 2 aromatic heterocycles. The first-order chi connectivity index (χ1) is 10.3. The second-order valence-corrected chi connectivity index (χ2v) is 6.86. The van der Waals surface area contributed by atoms with Gasteiger partial charge in [0.2, 0.25) is 5.95 Å². The van der Waals surface area contributed by atoms with Crippen LogP contribution >= 0.6 is 34.2 Å². The van der Waals surface area contributed by atoms with E-state index in [0.29, 0.717) is 11.0 Å². The van der Waals surface area contributed by atoms with Crippen molar-refractivity contribution in [3.8, 4) is 0 Å². The quantitative estimate of drug-likeness (QED) is 0.390. The van der Waals surface area contributed by atoms with Crippen LogP contribution in [0.5, 0.6) is 0 Å². The van der Waals surface area contributed by atoms with Crippen molar-refractivity contribution in [2.75, 3.05) is 12.3 Å². The summed E-state index contributed by atoms with van der Waals surface area (Å²) >= 11 is 8.16. The third-order valence-electron chi connectivity index (χ3n) is 3.79. The number of anilines is 1. The van der Waals surface area contributed by atoms with Crippen molar-refractivity contribution in [3.63, 3.8) is 0 Å². The van der Waals surface area contributed by atoms with E-state index in [-0.39, 0.29) is 11.1 Å². The van der Waals surface area contributed by atoms with Gasteiger partial charge in [-0.3, -0.25) is 0 Å². The number of nitrogens with two attached hydrogens (primary N) is 1. The van der Waals surface area contributed by atoms with Gasteiger partial charge in [0, 0.05) is 9.77 Å². The third kappa shape index (κ3) is 2.27. The van der Waals surface area contributed by atoms with Crippen LogP contribution in [0.2, 0.25) is 5.15 Å². The highest BCUT2D eigenvalue weighted by Crippen LogP contribution is 2.41. The minimum atomic E-state index is -1.62. The molecule has 1 fully saturated rings. The SMILES string of the molecule is C[C@@]1(O)[C@H](O)[C@@H](CO)O[C@H]1n1cc(I)c2c(Cl)nc(N)nc21. The molecule has 10 heteroatoms. The zero-order chi connectivity index (χ0) is 16.2. The van der Waals surface area contributed by atoms with Gasteiger partial charge in [-0.05, 0) is 29.5 Å². The van der Waals surface area contributed by atoms with Crippen molar-refractivity contribution >= 4 is 51.2 Å². The number of aliphatic hydroxyl groups excluding tert-OH is 2. The second-order valence-electron chi connectivity index (χ2n) is 5.34. The minimum Gasteiger partial charge on any atom is -0.394 e. The number of halogens is 2. The van der Waals surface area contributed by atoms with Gasteiger partial charge in [-0.25, -0.2) is 4.98 Å². The van der Waals surface area contributed by atoms with Crippen LogP contribution < -0.4 is 5.73 Å². The first kappa shape index (κ1) is 16.1. The second kappa shape index (κ2) is 5.42. The van der Waals surface area contributed by atoms with Crippen LogP contribution in [0.3, 0.4) is 0 Å². The lowest BCUT2D eigenvalue weighted by molar-refractivity contribution is -0.0948. The third-order valence-corrected chi connectivity index (χ3v) is 4.88. The van der Waals surface area contributed by atoms with Gasteiger partial charge in [-0.1, -0.05) is 11.6 Å². The predicted molar refractivity (Wildman–Crippen MR) is 87.3 cm³/mol. The van der Waals surface area contributed by atoms with E-state index >= 15 is 0 Å². The van der Waals surface area contributed by atoms with Crippen LogP contribution in [0.4, 0.5) is 5.95 Å². The number of aromatic nitrogens is 3. The highest BCUT2D eigenvalue weighted by Gasteiger charge is 2.53. The number of ether oxygens (including phenoxy) is 1. The van der Waals surface area contributed by atoms with Gasteiger partial charge < -0.3 is 30.4 Å². The molecular formula is C12H14ClIN4O4. The fraction of sp³-hybridized carbons (Fsp3) is 0.500. The Kier molecular flexibility index (Phi) is 3.98. The van der Waals surface area contributed by atoms with Gasteiger partial charge >= 0.3 is 0 Å². The molecule has 3 heterocycles. The highest BCUT2D eigenvalue weighted by molar-refractivity contribution is 14.1. The zero-order valence-corrected chi connectivity index (χ0v) is 14.4. The fourth-order valence-corrected chi connectivity index (χ4v) is 3.88. The fourth-order valence-electron chi connectivity index (χ4n) is 2.65. The van der Waals surface area contributed by atoms with Gasteiger partial charge in [0.25, 0.3) is 0 Å². The van der Waals surface area contributed by atoms with E-state index < -0.39 is 30.6 Å². The Balaban J connectivity index is 2.19. The normalized spacial score (nSPS) is 32.0. The van der Waals surface area contributed by atoms with Gasteiger partial charge in [-0.2, -0.15) is 4.98 Å². The van der Waals surface area contributed by atoms with E-state index in [9.17, 15) is 15.3 Å². The molecule has 1 saturated heterocycles. The molecule has 2 aromatic rings. The average molecular weight is 441 g/mol. The Labute approximate surface area is 144 Å². The van der Waals surface area contributed by atoms with E-state index in [1.165, 1.54) is 6.92 Å². The predicted octanol–water partition coefficient (Wildman–Crippen LogP) is 0.273. The Morgan fingerprint density at radius 1 is 1.55 bits per heavy atom. The molecule has 22 heavy (non-hydrogen) atoms. The van der Waals surface area contributed by atoms with Gasteiger partial charge in [0.15, 0.2) is 6.23 Å². The standard InChI is InChI=1S/C12H14ClIN4O4/c1-12(21)7(20)5(3-19)22-10(12)18-2-4(14)6-8(13)16-11(15)17-9(6)18/h2,5,7,10,19-21H,3H2,1H3,(H2,15,16,17)/t5-,7-,10-,12-/m1/s1. The molecule has 4 atom stereocenters. The lowest BCUT2D eigenvalue weighted by Crippen LogP contribution is -2.44. The Morgan fingerprint density at radius 3 is 2.82 bits per heavy atom. The van der Waals surface area contributed by atoms with E-state index in [2.05, 4.69) is 32.6 Å². The summed E-state index contributed by atoms with van der Waals surface area (Å²) in [5, 5.41) is 30.7. The van der Waals surface area contributed by atoms with Gasteiger partial charge in [0.05, 0.1) is 12.0 Å². The van der Waals surface area contributed by atoms with Crippen molar-refractivity contribution in [2.24, 2.45) is 0 Å². The van der Waals surface area contributed by atoms with E-state index in [1.54, 1.807) is 10.8 Å². The summed E-state index contributed by atoms with van der Waals surface area (Å²) in [4.78, 5) is 8.05. The van der Waals surface area contributed by atoms with Crippen molar-refractivity contribution < 1.29 is 20.1 Å². The number of aliphatic hydroxyl groups is 3. The molecule has 1 aliphatic heterocycles. The molecule has 120 valence electrons. The number of fused-ring (bicyclic) bond motifs is 1. The number of nitrogens with zero attached hydrogens (tertiary/aromatic N) is 3. The maximum atomic E-state index is 10.6. The molecule has 8 nitrogen and oxygen atoms in total. The zero-order valence-electron chi connectivity index (χ0n) is 11.4. The monoisotopic (exact) mass is 440 g/mol. The molecular weight excluding hydrogens is 427 g/mol. The molecule has 3 rings (SSSR count). The Hall–Kier alpha value is -0.720. The molecule has 1 aliphatic rings. The summed E-state index contributed by atoms with van der Waals surface area (Å²) in [6.07, 6.45) is -1.41. The van der Waals surface area contributed by atoms with Gasteiger partial charge in [-0.15, -0.1) is 0 Å². The van der Waals surface area contributed by atoms with Gasteiger partial charge in [0.1, 0.15) is 28.6 Å². The smallest absolute Gasteiger partial charge is 0.223 e. The minimum absolute atomic E-state index is 0.00912. The van der Waals surface area contributed by atoms with Crippen LogP contribution in [0.1, 0.15) is 13.2 Å². The highest BCUT2D eigenvalue weighted by atomic mass is 127. The summed E-state index contributed by atoms with van der Waals surface area (Å²) < 4.78 is 7.88. The molecule has 5 N–H and O–H groups in total. The van der Waals surface area contributed by atoms with Crippen molar-refractivity contribution in [3.05, 3.63) is 14.9 Å².